The molecule has 654 valence electrons. The number of esters is 4. The van der Waals surface area contributed by atoms with E-state index in [0.717, 1.165) is 108 Å². The average Bonchev–Trinajstić information content (AvgIpc) is 0.898. The summed E-state index contributed by atoms with van der Waals surface area (Å²) >= 11 is 0. The average molecular weight is 1610 g/mol. The molecule has 19 heteroatoms. The minimum absolute atomic E-state index is 0.108. The van der Waals surface area contributed by atoms with Crippen molar-refractivity contribution < 1.29 is 80.2 Å². The zero-order valence-corrected chi connectivity index (χ0v) is 74.5. The summed E-state index contributed by atoms with van der Waals surface area (Å²) in [7, 11) is -9.93. The number of rotatable bonds is 89. The summed E-state index contributed by atoms with van der Waals surface area (Å²) in [6.45, 7) is 12.1. The molecular formula is C91H178O17P2. The van der Waals surface area contributed by atoms with Crippen LogP contribution >= 0.6 is 15.6 Å². The Balaban J connectivity index is 5.21. The Kier molecular flexibility index (Phi) is 79.4. The van der Waals surface area contributed by atoms with Gasteiger partial charge in [0.1, 0.15) is 19.3 Å². The summed E-state index contributed by atoms with van der Waals surface area (Å²) in [4.78, 5) is 73.4. The fourth-order valence-electron chi connectivity index (χ4n) is 14.2. The van der Waals surface area contributed by atoms with Gasteiger partial charge < -0.3 is 33.8 Å². The Bertz CT molecular complexity index is 2120. The van der Waals surface area contributed by atoms with Gasteiger partial charge in [-0.3, -0.25) is 37.3 Å². The molecule has 0 spiro atoms. The Morgan fingerprint density at radius 1 is 0.264 bits per heavy atom. The lowest BCUT2D eigenvalue weighted by molar-refractivity contribution is -0.161. The van der Waals surface area contributed by atoms with Gasteiger partial charge in [-0.15, -0.1) is 0 Å². The summed E-state index contributed by atoms with van der Waals surface area (Å²) in [6, 6.07) is 0. The van der Waals surface area contributed by atoms with Gasteiger partial charge in [0.2, 0.25) is 0 Å². The van der Waals surface area contributed by atoms with E-state index in [0.29, 0.717) is 31.6 Å². The van der Waals surface area contributed by atoms with Crippen molar-refractivity contribution in [3.63, 3.8) is 0 Å². The van der Waals surface area contributed by atoms with Gasteiger partial charge in [0, 0.05) is 25.7 Å². The van der Waals surface area contributed by atoms with Crippen molar-refractivity contribution in [3.8, 4) is 0 Å². The summed E-state index contributed by atoms with van der Waals surface area (Å²) < 4.78 is 69.0. The van der Waals surface area contributed by atoms with Crippen LogP contribution in [0.3, 0.4) is 0 Å². The van der Waals surface area contributed by atoms with E-state index in [-0.39, 0.29) is 25.7 Å². The van der Waals surface area contributed by atoms with Crippen LogP contribution in [0.5, 0.6) is 0 Å². The minimum atomic E-state index is -4.97. The van der Waals surface area contributed by atoms with Crippen molar-refractivity contribution in [3.05, 3.63) is 0 Å². The molecule has 0 heterocycles. The summed E-state index contributed by atoms with van der Waals surface area (Å²) in [5.74, 6) is 0.350. The number of hydrogen-bond donors (Lipinski definition) is 3. The first-order valence-electron chi connectivity index (χ1n) is 46.9. The maximum absolute atomic E-state index is 13.2. The molecule has 0 bridgehead atoms. The van der Waals surface area contributed by atoms with Gasteiger partial charge >= 0.3 is 39.5 Å². The lowest BCUT2D eigenvalue weighted by Gasteiger charge is -2.21. The molecule has 110 heavy (non-hydrogen) atoms. The van der Waals surface area contributed by atoms with E-state index in [1.807, 2.05) is 0 Å². The molecule has 17 nitrogen and oxygen atoms in total. The maximum atomic E-state index is 13.2. The van der Waals surface area contributed by atoms with Crippen LogP contribution in [0.2, 0.25) is 0 Å². The van der Waals surface area contributed by atoms with Crippen molar-refractivity contribution >= 4 is 39.5 Å². The predicted octanol–water partition coefficient (Wildman–Crippen LogP) is 28.0. The molecule has 0 aliphatic heterocycles. The number of unbranched alkanes of at least 4 members (excludes halogenated alkanes) is 55. The first-order valence-corrected chi connectivity index (χ1v) is 49.9. The van der Waals surface area contributed by atoms with Gasteiger partial charge in [0.15, 0.2) is 12.2 Å². The molecule has 0 saturated carbocycles. The van der Waals surface area contributed by atoms with Gasteiger partial charge in [-0.25, -0.2) is 9.13 Å². The quantitative estimate of drug-likeness (QED) is 0.0222. The zero-order valence-electron chi connectivity index (χ0n) is 72.7. The van der Waals surface area contributed by atoms with Crippen LogP contribution in [-0.2, 0) is 65.4 Å². The molecule has 0 saturated heterocycles. The maximum Gasteiger partial charge on any atom is 0.472 e. The second-order valence-corrected chi connectivity index (χ2v) is 36.6. The highest BCUT2D eigenvalue weighted by atomic mass is 31.2. The third-order valence-corrected chi connectivity index (χ3v) is 24.0. The van der Waals surface area contributed by atoms with Gasteiger partial charge in [-0.2, -0.15) is 0 Å². The standard InChI is InChI=1S/C91H178O17P2/c1-8-11-12-13-14-15-16-17-18-29-35-40-45-52-60-67-75-91(96)108-87(79-102-89(94)73-66-59-54-47-48-55-62-69-82(4)5)81-106-110(99,100)104-77-85(92)76-103-109(97,98)105-80-86(107-90(95)74-68-61-53-46-41-36-31-26-22-20-24-28-33-38-43-50-57-64-71-84(7)10-3)78-101-88(93)72-65-58-51-44-39-34-30-25-21-19-23-27-32-37-42-49-56-63-70-83(6)9-2/h82-87,92H,8-81H2,1-7H3,(H,97,98)(H,99,100)/t83?,84?,85-,86-,87-/m1/s1. The largest absolute Gasteiger partial charge is 0.472 e. The van der Waals surface area contributed by atoms with E-state index in [2.05, 4.69) is 48.5 Å². The van der Waals surface area contributed by atoms with Crippen LogP contribution in [0.4, 0.5) is 0 Å². The summed E-state index contributed by atoms with van der Waals surface area (Å²) in [5, 5.41) is 10.7. The number of aliphatic hydroxyl groups excluding tert-OH is 1. The van der Waals surface area contributed by atoms with Gasteiger partial charge in [0.05, 0.1) is 26.4 Å². The van der Waals surface area contributed by atoms with Crippen LogP contribution in [0.1, 0.15) is 485 Å². The van der Waals surface area contributed by atoms with Crippen molar-refractivity contribution in [2.75, 3.05) is 39.6 Å². The van der Waals surface area contributed by atoms with E-state index < -0.39 is 97.5 Å². The van der Waals surface area contributed by atoms with E-state index in [9.17, 15) is 43.2 Å². The molecule has 7 atom stereocenters. The Morgan fingerprint density at radius 2 is 0.464 bits per heavy atom. The SMILES string of the molecule is CCCCCCCCCCCCCCCCCCC(=O)O[C@H](COC(=O)CCCCCCCCCC(C)C)COP(=O)(O)OC[C@H](O)COP(=O)(O)OC[C@@H](COC(=O)CCCCCCCCCCCCCCCCCCCCC(C)CC)OC(=O)CCCCCCCCCCCCCCCCCCCCC(C)CC. The number of aliphatic hydroxyl groups is 1. The monoisotopic (exact) mass is 1610 g/mol. The third kappa shape index (κ3) is 81.2. The second kappa shape index (κ2) is 80.8. The number of hydrogen-bond acceptors (Lipinski definition) is 15. The molecule has 0 radical (unpaired) electrons. The van der Waals surface area contributed by atoms with Crippen LogP contribution in [-0.4, -0.2) is 96.7 Å². The van der Waals surface area contributed by atoms with E-state index in [4.69, 9.17) is 37.0 Å². The third-order valence-electron chi connectivity index (χ3n) is 22.1. The van der Waals surface area contributed by atoms with Crippen LogP contribution in [0.25, 0.3) is 0 Å². The second-order valence-electron chi connectivity index (χ2n) is 33.7. The molecule has 0 aliphatic rings. The van der Waals surface area contributed by atoms with Crippen molar-refractivity contribution in [1.82, 2.24) is 0 Å². The molecular weight excluding hydrogens is 1430 g/mol. The van der Waals surface area contributed by atoms with E-state index >= 15 is 0 Å². The van der Waals surface area contributed by atoms with Crippen LogP contribution in [0, 0.1) is 17.8 Å². The predicted molar refractivity (Wildman–Crippen MR) is 455 cm³/mol. The molecule has 4 unspecified atom stereocenters. The molecule has 0 amide bonds. The fraction of sp³-hybridized carbons (Fsp3) is 0.956. The molecule has 0 rings (SSSR count). The van der Waals surface area contributed by atoms with Crippen LogP contribution in [0.15, 0.2) is 0 Å². The van der Waals surface area contributed by atoms with Crippen molar-refractivity contribution in [1.29, 1.82) is 0 Å². The van der Waals surface area contributed by atoms with Gasteiger partial charge in [-0.1, -0.05) is 434 Å². The smallest absolute Gasteiger partial charge is 0.462 e. The van der Waals surface area contributed by atoms with Crippen molar-refractivity contribution in [2.24, 2.45) is 17.8 Å². The van der Waals surface area contributed by atoms with E-state index in [1.54, 1.807) is 0 Å². The minimum Gasteiger partial charge on any atom is -0.462 e. The van der Waals surface area contributed by atoms with Crippen LogP contribution < -0.4 is 0 Å². The first kappa shape index (κ1) is 108. The number of phosphoric ester groups is 2. The van der Waals surface area contributed by atoms with Gasteiger partial charge in [-0.05, 0) is 43.4 Å². The van der Waals surface area contributed by atoms with Crippen molar-refractivity contribution in [2.45, 2.75) is 503 Å². The van der Waals surface area contributed by atoms with Gasteiger partial charge in [0.25, 0.3) is 0 Å². The molecule has 0 fully saturated rings. The Labute approximate surface area is 677 Å². The lowest BCUT2D eigenvalue weighted by Crippen LogP contribution is -2.30. The topological polar surface area (TPSA) is 237 Å². The molecule has 0 aromatic carbocycles. The number of phosphoric acid groups is 2. The first-order chi connectivity index (χ1) is 53.3. The number of carbonyl (C=O) groups excluding carboxylic acids is 4. The number of carbonyl (C=O) groups is 4. The molecule has 0 aromatic rings. The lowest BCUT2D eigenvalue weighted by atomic mass is 9.99. The summed E-state index contributed by atoms with van der Waals surface area (Å²) in [6.07, 6.45) is 73.7. The number of ether oxygens (including phenoxy) is 4. The van der Waals surface area contributed by atoms with E-state index in [1.165, 1.54) is 289 Å². The Hall–Kier alpha value is -1.94. The summed E-state index contributed by atoms with van der Waals surface area (Å²) in [5.41, 5.74) is 0. The Morgan fingerprint density at radius 3 is 0.691 bits per heavy atom. The highest BCUT2D eigenvalue weighted by molar-refractivity contribution is 7.47. The molecule has 0 aliphatic carbocycles. The highest BCUT2D eigenvalue weighted by Crippen LogP contribution is 2.45. The molecule has 0 aromatic heterocycles. The zero-order chi connectivity index (χ0) is 80.8. The normalized spacial score (nSPS) is 14.3. The molecule has 3 N–H and O–H groups in total. The highest BCUT2D eigenvalue weighted by Gasteiger charge is 2.31. The fourth-order valence-corrected chi connectivity index (χ4v) is 15.8.